The molecule has 6 aromatic carbocycles. The first-order chi connectivity index (χ1) is 22.7. The number of nitrogens with zero attached hydrogens (tertiary/aromatic N) is 2. The molecule has 222 valence electrons. The molecule has 0 atom stereocenters. The zero-order chi connectivity index (χ0) is 31.0. The largest absolute Gasteiger partial charge is 0.455 e. The lowest BCUT2D eigenvalue weighted by molar-refractivity contribution is 0.457. The van der Waals surface area contributed by atoms with E-state index in [0.717, 1.165) is 45.1 Å². The average molecular weight is 597 g/mol. The van der Waals surface area contributed by atoms with Crippen molar-refractivity contribution in [2.45, 2.75) is 13.8 Å². The van der Waals surface area contributed by atoms with Gasteiger partial charge in [0.15, 0.2) is 11.5 Å². The van der Waals surface area contributed by atoms with Gasteiger partial charge in [0.1, 0.15) is 11.5 Å². The third-order valence-corrected chi connectivity index (χ3v) is 8.54. The standard InChI is InChI=1S/C42H32N2O2/c1-3-16-35-29(2)32-21-10-13-24-36(32)43(35)39-27-40(44-37-25-14-11-22-33(37)34-23-12-15-26-38(34)44)42(46-31-19-8-5-9-20-31)28-41(39)45-30-17-6-4-7-18-30/h3-28H,1-2H3/b16-3-. The highest BCUT2D eigenvalue weighted by Crippen LogP contribution is 2.44. The van der Waals surface area contributed by atoms with Crippen LogP contribution in [0.4, 0.5) is 0 Å². The van der Waals surface area contributed by atoms with Crippen LogP contribution in [-0.2, 0) is 0 Å². The van der Waals surface area contributed by atoms with Crippen LogP contribution < -0.4 is 9.47 Å². The van der Waals surface area contributed by atoms with Gasteiger partial charge in [-0.05, 0) is 74.0 Å². The van der Waals surface area contributed by atoms with Crippen molar-refractivity contribution < 1.29 is 9.47 Å². The molecule has 0 aliphatic carbocycles. The fourth-order valence-electron chi connectivity index (χ4n) is 6.50. The number of benzene rings is 6. The first-order valence-corrected chi connectivity index (χ1v) is 15.6. The van der Waals surface area contributed by atoms with Gasteiger partial charge in [0, 0.05) is 27.9 Å². The van der Waals surface area contributed by atoms with Crippen LogP contribution in [0.3, 0.4) is 0 Å². The molecule has 0 N–H and O–H groups in total. The smallest absolute Gasteiger partial charge is 0.155 e. The second-order valence-electron chi connectivity index (χ2n) is 11.4. The van der Waals surface area contributed by atoms with Crippen molar-refractivity contribution in [3.8, 4) is 34.4 Å². The molecule has 0 unspecified atom stereocenters. The number of allylic oxidation sites excluding steroid dienone is 1. The molecule has 0 aliphatic rings. The third kappa shape index (κ3) is 4.63. The molecule has 2 heterocycles. The summed E-state index contributed by atoms with van der Waals surface area (Å²) in [6.07, 6.45) is 4.27. The fraction of sp³-hybridized carbons (Fsp3) is 0.0476. The van der Waals surface area contributed by atoms with E-state index >= 15 is 0 Å². The minimum absolute atomic E-state index is 0.688. The summed E-state index contributed by atoms with van der Waals surface area (Å²) in [6.45, 7) is 4.25. The molecule has 4 nitrogen and oxygen atoms in total. The summed E-state index contributed by atoms with van der Waals surface area (Å²) < 4.78 is 18.1. The zero-order valence-corrected chi connectivity index (χ0v) is 25.7. The molecule has 0 aliphatic heterocycles. The van der Waals surface area contributed by atoms with E-state index in [1.165, 1.54) is 21.7 Å². The maximum atomic E-state index is 6.75. The summed E-state index contributed by atoms with van der Waals surface area (Å²) in [6, 6.07) is 49.8. The van der Waals surface area contributed by atoms with Crippen LogP contribution in [0.5, 0.6) is 23.0 Å². The lowest BCUT2D eigenvalue weighted by Crippen LogP contribution is -2.05. The number of ether oxygens (including phenoxy) is 2. The van der Waals surface area contributed by atoms with Gasteiger partial charge in [-0.2, -0.15) is 0 Å². The van der Waals surface area contributed by atoms with Gasteiger partial charge in [-0.1, -0.05) is 97.1 Å². The summed E-state index contributed by atoms with van der Waals surface area (Å²) in [4.78, 5) is 0. The van der Waals surface area contributed by atoms with Crippen molar-refractivity contribution in [1.29, 1.82) is 0 Å². The molecule has 0 fully saturated rings. The Morgan fingerprint density at radius 2 is 0.913 bits per heavy atom. The van der Waals surface area contributed by atoms with Crippen LogP contribution >= 0.6 is 0 Å². The van der Waals surface area contributed by atoms with Gasteiger partial charge in [-0.15, -0.1) is 0 Å². The van der Waals surface area contributed by atoms with Crippen LogP contribution in [0.1, 0.15) is 18.2 Å². The molecule has 0 radical (unpaired) electrons. The maximum Gasteiger partial charge on any atom is 0.155 e. The maximum absolute atomic E-state index is 6.75. The predicted octanol–water partition coefficient (Wildman–Crippen LogP) is 11.7. The highest BCUT2D eigenvalue weighted by atomic mass is 16.5. The molecule has 4 heteroatoms. The van der Waals surface area contributed by atoms with Crippen molar-refractivity contribution >= 4 is 38.8 Å². The van der Waals surface area contributed by atoms with Gasteiger partial charge in [0.05, 0.1) is 27.9 Å². The van der Waals surface area contributed by atoms with Gasteiger partial charge < -0.3 is 18.6 Å². The Hall–Kier alpha value is -6.00. The summed E-state index contributed by atoms with van der Waals surface area (Å²) in [5.74, 6) is 2.88. The van der Waals surface area contributed by atoms with Crippen LogP contribution in [0.15, 0.2) is 152 Å². The monoisotopic (exact) mass is 596 g/mol. The molecule has 0 saturated heterocycles. The van der Waals surface area contributed by atoms with E-state index in [4.69, 9.17) is 9.47 Å². The zero-order valence-electron chi connectivity index (χ0n) is 25.7. The van der Waals surface area contributed by atoms with Crippen molar-refractivity contribution in [2.24, 2.45) is 0 Å². The van der Waals surface area contributed by atoms with Gasteiger partial charge in [0.25, 0.3) is 0 Å². The summed E-state index contributed by atoms with van der Waals surface area (Å²) in [7, 11) is 0. The molecule has 46 heavy (non-hydrogen) atoms. The topological polar surface area (TPSA) is 28.3 Å². The molecule has 0 bridgehead atoms. The van der Waals surface area contributed by atoms with Crippen molar-refractivity contribution in [3.63, 3.8) is 0 Å². The lowest BCUT2D eigenvalue weighted by atomic mass is 10.1. The van der Waals surface area contributed by atoms with E-state index in [1.54, 1.807) is 0 Å². The molecule has 0 amide bonds. The quantitative estimate of drug-likeness (QED) is 0.183. The van der Waals surface area contributed by atoms with E-state index < -0.39 is 0 Å². The Labute approximate surface area is 268 Å². The molecule has 8 aromatic rings. The van der Waals surface area contributed by atoms with Crippen molar-refractivity contribution in [1.82, 2.24) is 9.13 Å². The number of rotatable bonds is 7. The first-order valence-electron chi connectivity index (χ1n) is 15.6. The van der Waals surface area contributed by atoms with Gasteiger partial charge in [-0.25, -0.2) is 0 Å². The summed E-state index contributed by atoms with van der Waals surface area (Å²) in [5, 5.41) is 3.57. The van der Waals surface area contributed by atoms with E-state index in [0.29, 0.717) is 11.5 Å². The Kier molecular flexibility index (Phi) is 6.88. The number of aryl methyl sites for hydroxylation is 1. The number of para-hydroxylation sites is 5. The van der Waals surface area contributed by atoms with Crippen LogP contribution in [-0.4, -0.2) is 9.13 Å². The van der Waals surface area contributed by atoms with E-state index in [9.17, 15) is 0 Å². The molecule has 0 saturated carbocycles. The lowest BCUT2D eigenvalue weighted by Gasteiger charge is -2.21. The van der Waals surface area contributed by atoms with Gasteiger partial charge >= 0.3 is 0 Å². The number of fused-ring (bicyclic) bond motifs is 4. The van der Waals surface area contributed by atoms with Gasteiger partial charge in [0.2, 0.25) is 0 Å². The molecule has 2 aromatic heterocycles. The Balaban J connectivity index is 1.50. The Morgan fingerprint density at radius 1 is 0.478 bits per heavy atom. The summed E-state index contributed by atoms with van der Waals surface area (Å²) >= 11 is 0. The molecular weight excluding hydrogens is 564 g/mol. The number of aromatic nitrogens is 2. The van der Waals surface area contributed by atoms with Crippen molar-refractivity contribution in [2.75, 3.05) is 0 Å². The second-order valence-corrected chi connectivity index (χ2v) is 11.4. The number of hydrogen-bond donors (Lipinski definition) is 0. The first kappa shape index (κ1) is 27.5. The summed E-state index contributed by atoms with van der Waals surface area (Å²) in [5.41, 5.74) is 7.46. The van der Waals surface area contributed by atoms with Gasteiger partial charge in [-0.3, -0.25) is 0 Å². The Morgan fingerprint density at radius 3 is 1.43 bits per heavy atom. The Bertz CT molecular complexity index is 2330. The number of hydrogen-bond acceptors (Lipinski definition) is 2. The highest BCUT2D eigenvalue weighted by molar-refractivity contribution is 6.09. The fourth-order valence-corrected chi connectivity index (χ4v) is 6.50. The molecule has 0 spiro atoms. The van der Waals surface area contributed by atoms with E-state index in [2.05, 4.69) is 114 Å². The molecule has 8 rings (SSSR count). The second kappa shape index (κ2) is 11.5. The SMILES string of the molecule is C/C=C\c1c(C)c2ccccc2n1-c1cc(-n2c3ccccc3c3ccccc32)c(Oc2ccccc2)cc1Oc1ccccc1. The molecular formula is C42H32N2O2. The van der Waals surface area contributed by atoms with Crippen molar-refractivity contribution in [3.05, 3.63) is 163 Å². The van der Waals surface area contributed by atoms with E-state index in [1.807, 2.05) is 66.7 Å². The average Bonchev–Trinajstić information content (AvgIpc) is 3.58. The normalized spacial score (nSPS) is 11.6. The van der Waals surface area contributed by atoms with Crippen LogP contribution in [0, 0.1) is 6.92 Å². The predicted molar refractivity (Wildman–Crippen MR) is 190 cm³/mol. The highest BCUT2D eigenvalue weighted by Gasteiger charge is 2.23. The van der Waals surface area contributed by atoms with Crippen LogP contribution in [0.25, 0.3) is 50.2 Å². The minimum atomic E-state index is 0.688. The minimum Gasteiger partial charge on any atom is -0.455 e. The third-order valence-electron chi connectivity index (χ3n) is 8.54. The van der Waals surface area contributed by atoms with E-state index in [-0.39, 0.29) is 0 Å². The van der Waals surface area contributed by atoms with Crippen LogP contribution in [0.2, 0.25) is 0 Å².